The third-order valence-electron chi connectivity index (χ3n) is 4.02. The number of aromatic carboxylic acids is 1. The summed E-state index contributed by atoms with van der Waals surface area (Å²) in [5.41, 5.74) is 1.43. The summed E-state index contributed by atoms with van der Waals surface area (Å²) in [6, 6.07) is 6.15. The van der Waals surface area contributed by atoms with E-state index >= 15 is 0 Å². The first-order chi connectivity index (χ1) is 11.2. The van der Waals surface area contributed by atoms with Gasteiger partial charge in [0.1, 0.15) is 16.9 Å². The lowest BCUT2D eigenvalue weighted by molar-refractivity contribution is -0.255. The zero-order chi connectivity index (χ0) is 15.8. The van der Waals surface area contributed by atoms with Crippen molar-refractivity contribution < 1.29 is 14.6 Å². The van der Waals surface area contributed by atoms with Gasteiger partial charge in [0.25, 0.3) is 0 Å². The van der Waals surface area contributed by atoms with E-state index in [1.54, 1.807) is 23.5 Å². The molecule has 1 aromatic carbocycles. The number of hydrogen-bond donors (Lipinski definition) is 0. The Morgan fingerprint density at radius 1 is 1.13 bits per heavy atom. The van der Waals surface area contributed by atoms with E-state index in [0.717, 1.165) is 23.1 Å². The van der Waals surface area contributed by atoms with E-state index in [4.69, 9.17) is 4.74 Å². The van der Waals surface area contributed by atoms with Gasteiger partial charge < -0.3 is 14.6 Å². The highest BCUT2D eigenvalue weighted by Crippen LogP contribution is 2.40. The molecule has 0 bridgehead atoms. The molecule has 2 aromatic heterocycles. The number of thiophene rings is 1. The monoisotopic (exact) mass is 325 g/mol. The first-order valence-electron chi connectivity index (χ1n) is 7.47. The van der Waals surface area contributed by atoms with Gasteiger partial charge in [-0.2, -0.15) is 0 Å². The number of carboxylic acids is 1. The van der Waals surface area contributed by atoms with E-state index in [2.05, 4.69) is 9.97 Å². The number of carbonyl (C=O) groups excluding carboxylic acids is 1. The minimum atomic E-state index is -1.20. The molecule has 0 radical (unpaired) electrons. The Bertz CT molecular complexity index is 887. The summed E-state index contributed by atoms with van der Waals surface area (Å²) in [5, 5.41) is 11.8. The SMILES string of the molecule is O=C([O-])c1ccc(Oc2ncnc3sc4c(c23)CCCC4)cc1. The summed E-state index contributed by atoms with van der Waals surface area (Å²) < 4.78 is 5.89. The molecule has 1 aliphatic rings. The highest BCUT2D eigenvalue weighted by atomic mass is 32.1. The minimum Gasteiger partial charge on any atom is -0.545 e. The fourth-order valence-corrected chi connectivity index (χ4v) is 4.13. The molecular formula is C17H13N2O3S-. The van der Waals surface area contributed by atoms with Crippen LogP contribution in [0.25, 0.3) is 10.2 Å². The number of aromatic nitrogens is 2. The van der Waals surface area contributed by atoms with Crippen LogP contribution in [0.3, 0.4) is 0 Å². The topological polar surface area (TPSA) is 75.1 Å². The first-order valence-corrected chi connectivity index (χ1v) is 8.28. The quantitative estimate of drug-likeness (QED) is 0.740. The molecule has 0 saturated carbocycles. The highest BCUT2D eigenvalue weighted by molar-refractivity contribution is 7.18. The van der Waals surface area contributed by atoms with Gasteiger partial charge in [0.2, 0.25) is 5.88 Å². The fourth-order valence-electron chi connectivity index (χ4n) is 2.91. The Balaban J connectivity index is 1.74. The lowest BCUT2D eigenvalue weighted by Gasteiger charge is -2.12. The molecule has 6 heteroatoms. The van der Waals surface area contributed by atoms with Crippen molar-refractivity contribution in [3.8, 4) is 11.6 Å². The van der Waals surface area contributed by atoms with Crippen LogP contribution in [-0.2, 0) is 12.8 Å². The van der Waals surface area contributed by atoms with Gasteiger partial charge >= 0.3 is 0 Å². The third kappa shape index (κ3) is 2.55. The Hall–Kier alpha value is -2.47. The molecule has 2 heterocycles. The Morgan fingerprint density at radius 2 is 1.91 bits per heavy atom. The van der Waals surface area contributed by atoms with Gasteiger partial charge in [-0.1, -0.05) is 0 Å². The molecule has 0 fully saturated rings. The lowest BCUT2D eigenvalue weighted by atomic mass is 9.97. The zero-order valence-electron chi connectivity index (χ0n) is 12.2. The van der Waals surface area contributed by atoms with E-state index < -0.39 is 5.97 Å². The van der Waals surface area contributed by atoms with Crippen molar-refractivity contribution in [1.29, 1.82) is 0 Å². The molecule has 0 spiro atoms. The molecule has 23 heavy (non-hydrogen) atoms. The summed E-state index contributed by atoms with van der Waals surface area (Å²) >= 11 is 1.71. The molecule has 1 aliphatic carbocycles. The standard InChI is InChI=1S/C17H14N2O3S/c20-17(21)10-5-7-11(8-6-10)22-15-14-12-3-1-2-4-13(12)23-16(14)19-9-18-15/h5-9H,1-4H2,(H,20,21)/p-1. The zero-order valence-corrected chi connectivity index (χ0v) is 13.1. The van der Waals surface area contributed by atoms with Crippen LogP contribution in [-0.4, -0.2) is 15.9 Å². The Morgan fingerprint density at radius 3 is 2.70 bits per heavy atom. The maximum Gasteiger partial charge on any atom is 0.231 e. The molecule has 3 aromatic rings. The number of carbonyl (C=O) groups is 1. The van der Waals surface area contributed by atoms with E-state index in [9.17, 15) is 9.90 Å². The van der Waals surface area contributed by atoms with Gasteiger partial charge in [0, 0.05) is 4.88 Å². The molecule has 0 unspecified atom stereocenters. The second kappa shape index (κ2) is 5.62. The Kier molecular flexibility index (Phi) is 3.46. The van der Waals surface area contributed by atoms with Crippen LogP contribution in [0, 0.1) is 0 Å². The number of aryl methyl sites for hydroxylation is 2. The van der Waals surface area contributed by atoms with Gasteiger partial charge in [0.05, 0.1) is 11.4 Å². The van der Waals surface area contributed by atoms with E-state index in [1.165, 1.54) is 41.7 Å². The van der Waals surface area contributed by atoms with E-state index in [1.807, 2.05) is 0 Å². The lowest BCUT2D eigenvalue weighted by Crippen LogP contribution is -2.21. The van der Waals surface area contributed by atoms with Crippen LogP contribution in [0.15, 0.2) is 30.6 Å². The number of hydrogen-bond acceptors (Lipinski definition) is 6. The van der Waals surface area contributed by atoms with Gasteiger partial charge in [-0.25, -0.2) is 9.97 Å². The molecule has 0 saturated heterocycles. The predicted octanol–water partition coefficient (Wildman–Crippen LogP) is 2.73. The van der Waals surface area contributed by atoms with E-state index in [-0.39, 0.29) is 5.56 Å². The van der Waals surface area contributed by atoms with Gasteiger partial charge in [-0.15, -0.1) is 11.3 Å². The van der Waals surface area contributed by atoms with Gasteiger partial charge in [-0.3, -0.25) is 0 Å². The van der Waals surface area contributed by atoms with Crippen LogP contribution in [0.5, 0.6) is 11.6 Å². The van der Waals surface area contributed by atoms with Crippen molar-refractivity contribution in [3.05, 3.63) is 46.6 Å². The first kappa shape index (κ1) is 14.1. The summed E-state index contributed by atoms with van der Waals surface area (Å²) in [7, 11) is 0. The number of benzene rings is 1. The van der Waals surface area contributed by atoms with Crippen LogP contribution in [0.4, 0.5) is 0 Å². The molecule has 0 N–H and O–H groups in total. The fraction of sp³-hybridized carbons (Fsp3) is 0.235. The van der Waals surface area contributed by atoms with Gasteiger partial charge in [0.15, 0.2) is 0 Å². The van der Waals surface area contributed by atoms with Crippen LogP contribution in [0.2, 0.25) is 0 Å². The summed E-state index contributed by atoms with van der Waals surface area (Å²) in [4.78, 5) is 21.8. The maximum absolute atomic E-state index is 10.8. The molecular weight excluding hydrogens is 312 g/mol. The van der Waals surface area contributed by atoms with Crippen LogP contribution >= 0.6 is 11.3 Å². The summed E-state index contributed by atoms with van der Waals surface area (Å²) in [6.07, 6.45) is 6.02. The molecule has 116 valence electrons. The van der Waals surface area contributed by atoms with Gasteiger partial charge in [-0.05, 0) is 61.1 Å². The van der Waals surface area contributed by atoms with Crippen LogP contribution < -0.4 is 9.84 Å². The van der Waals surface area contributed by atoms with Crippen molar-refractivity contribution in [3.63, 3.8) is 0 Å². The van der Waals surface area contributed by atoms with Crippen molar-refractivity contribution >= 4 is 27.5 Å². The van der Waals surface area contributed by atoms with Crippen LogP contribution in [0.1, 0.15) is 33.6 Å². The number of nitrogens with zero attached hydrogens (tertiary/aromatic N) is 2. The molecule has 0 amide bonds. The average Bonchev–Trinajstić information content (AvgIpc) is 2.95. The predicted molar refractivity (Wildman–Crippen MR) is 84.9 cm³/mol. The third-order valence-corrected chi connectivity index (χ3v) is 5.22. The summed E-state index contributed by atoms with van der Waals surface area (Å²) in [5.74, 6) is -0.116. The highest BCUT2D eigenvalue weighted by Gasteiger charge is 2.20. The van der Waals surface area contributed by atoms with Crippen molar-refractivity contribution in [1.82, 2.24) is 9.97 Å². The molecule has 0 atom stereocenters. The maximum atomic E-state index is 10.8. The Labute approximate surface area is 136 Å². The smallest absolute Gasteiger partial charge is 0.231 e. The molecule has 5 nitrogen and oxygen atoms in total. The second-order valence-electron chi connectivity index (χ2n) is 5.48. The van der Waals surface area contributed by atoms with Crippen molar-refractivity contribution in [2.75, 3.05) is 0 Å². The van der Waals surface area contributed by atoms with E-state index in [0.29, 0.717) is 11.6 Å². The van der Waals surface area contributed by atoms with Crippen molar-refractivity contribution in [2.45, 2.75) is 25.7 Å². The summed E-state index contributed by atoms with van der Waals surface area (Å²) in [6.45, 7) is 0. The normalized spacial score (nSPS) is 13.7. The number of carboxylic acid groups (broad SMARTS) is 1. The molecule has 4 rings (SSSR count). The number of ether oxygens (including phenoxy) is 1. The largest absolute Gasteiger partial charge is 0.545 e. The van der Waals surface area contributed by atoms with Crippen molar-refractivity contribution in [2.24, 2.45) is 0 Å². The second-order valence-corrected chi connectivity index (χ2v) is 6.57. The minimum absolute atomic E-state index is 0.123. The molecule has 0 aliphatic heterocycles. The average molecular weight is 325 g/mol. The number of rotatable bonds is 3. The number of fused-ring (bicyclic) bond motifs is 3.